The molecule has 0 bridgehead atoms. The fourth-order valence-electron chi connectivity index (χ4n) is 3.47. The number of phenols is 1. The molecule has 0 saturated heterocycles. The van der Waals surface area contributed by atoms with Crippen LogP contribution in [0.15, 0.2) is 63.2 Å². The van der Waals surface area contributed by atoms with Gasteiger partial charge in [0.1, 0.15) is 28.9 Å². The van der Waals surface area contributed by atoms with Crippen molar-refractivity contribution in [3.63, 3.8) is 0 Å². The molecule has 0 radical (unpaired) electrons. The molecule has 3 aromatic carbocycles. The Kier molecular flexibility index (Phi) is 6.73. The number of benzene rings is 3. The van der Waals surface area contributed by atoms with Crippen molar-refractivity contribution < 1.29 is 36.6 Å². The predicted molar refractivity (Wildman–Crippen MR) is 127 cm³/mol. The highest BCUT2D eigenvalue weighted by Gasteiger charge is 2.26. The zero-order chi connectivity index (χ0) is 25.3. The number of ether oxygens (including phenoxy) is 2. The van der Waals surface area contributed by atoms with Gasteiger partial charge in [0.15, 0.2) is 9.84 Å². The van der Waals surface area contributed by atoms with Gasteiger partial charge >= 0.3 is 0 Å². The van der Waals surface area contributed by atoms with Crippen LogP contribution in [0.4, 0.5) is 14.5 Å². The Bertz CT molecular complexity index is 1430. The largest absolute Gasteiger partial charge is 0.508 e. The van der Waals surface area contributed by atoms with E-state index < -0.39 is 38.7 Å². The van der Waals surface area contributed by atoms with Crippen molar-refractivity contribution in [1.29, 1.82) is 0 Å². The smallest absolute Gasteiger partial charge is 0.262 e. The summed E-state index contributed by atoms with van der Waals surface area (Å²) in [4.78, 5) is 13.2. The topological polar surface area (TPSA) is 102 Å². The van der Waals surface area contributed by atoms with Crippen molar-refractivity contribution in [3.8, 4) is 17.2 Å². The molecule has 11 heteroatoms. The van der Waals surface area contributed by atoms with E-state index in [1.54, 1.807) is 0 Å². The number of phenolic OH excluding ortho intramolecular Hbond substituents is 1. The van der Waals surface area contributed by atoms with Crippen LogP contribution in [-0.4, -0.2) is 33.7 Å². The van der Waals surface area contributed by atoms with Crippen LogP contribution in [-0.2, 0) is 20.4 Å². The molecule has 1 aliphatic rings. The molecule has 7 nitrogen and oxygen atoms in total. The second-order valence-electron chi connectivity index (χ2n) is 7.45. The summed E-state index contributed by atoms with van der Waals surface area (Å²) in [5.74, 6) is -2.76. The fourth-order valence-corrected chi connectivity index (χ4v) is 5.91. The summed E-state index contributed by atoms with van der Waals surface area (Å²) in [6.07, 6.45) is 1.50. The SMILES string of the molecule is COc1cc(O)cc(OC)c1/C=C1/Sc2cc(S(=O)(=O)Cc3c(F)cccc3F)ccc2NC1=O. The summed E-state index contributed by atoms with van der Waals surface area (Å²) in [6, 6.07) is 9.90. The maximum Gasteiger partial charge on any atom is 0.262 e. The first-order chi connectivity index (χ1) is 16.6. The highest BCUT2D eigenvalue weighted by Crippen LogP contribution is 2.43. The number of halogens is 2. The molecule has 0 aliphatic carbocycles. The van der Waals surface area contributed by atoms with Gasteiger partial charge in [0.25, 0.3) is 5.91 Å². The molecule has 1 amide bonds. The zero-order valence-corrected chi connectivity index (χ0v) is 20.1. The molecule has 1 aliphatic heterocycles. The maximum atomic E-state index is 14.0. The minimum atomic E-state index is -4.10. The minimum Gasteiger partial charge on any atom is -0.508 e. The second-order valence-corrected chi connectivity index (χ2v) is 10.5. The van der Waals surface area contributed by atoms with Gasteiger partial charge in [-0.3, -0.25) is 4.79 Å². The number of aromatic hydroxyl groups is 1. The predicted octanol–water partition coefficient (Wildman–Crippen LogP) is 4.75. The van der Waals surface area contributed by atoms with Gasteiger partial charge in [-0.2, -0.15) is 0 Å². The third-order valence-electron chi connectivity index (χ3n) is 5.20. The Morgan fingerprint density at radius 3 is 2.26 bits per heavy atom. The van der Waals surface area contributed by atoms with Gasteiger partial charge in [-0.05, 0) is 36.4 Å². The van der Waals surface area contributed by atoms with Gasteiger partial charge < -0.3 is 19.9 Å². The van der Waals surface area contributed by atoms with Crippen molar-refractivity contribution in [2.45, 2.75) is 15.5 Å². The average Bonchev–Trinajstić information content (AvgIpc) is 2.82. The average molecular weight is 520 g/mol. The number of sulfone groups is 1. The van der Waals surface area contributed by atoms with E-state index in [-0.39, 0.29) is 27.0 Å². The van der Waals surface area contributed by atoms with E-state index >= 15 is 0 Å². The highest BCUT2D eigenvalue weighted by atomic mass is 32.2. The van der Waals surface area contributed by atoms with Crippen LogP contribution >= 0.6 is 11.8 Å². The van der Waals surface area contributed by atoms with Crippen molar-refractivity contribution in [2.75, 3.05) is 19.5 Å². The standard InChI is InChI=1S/C24H19F2NO6S2/c1-32-20-8-13(28)9-21(33-2)15(20)11-23-24(29)27-19-7-6-14(10-22(19)34-23)35(30,31)12-16-17(25)4-3-5-18(16)26/h3-11,28H,12H2,1-2H3,(H,27,29)/b23-11+. The van der Waals surface area contributed by atoms with Crippen LogP contribution in [0.2, 0.25) is 0 Å². The highest BCUT2D eigenvalue weighted by molar-refractivity contribution is 8.04. The number of anilines is 1. The van der Waals surface area contributed by atoms with Crippen molar-refractivity contribution >= 4 is 39.3 Å². The Labute approximate surface area is 204 Å². The second kappa shape index (κ2) is 9.59. The lowest BCUT2D eigenvalue weighted by molar-refractivity contribution is -0.112. The van der Waals surface area contributed by atoms with E-state index in [4.69, 9.17) is 9.47 Å². The molecule has 0 spiro atoms. The molecular weight excluding hydrogens is 500 g/mol. The number of amides is 1. The Morgan fingerprint density at radius 2 is 1.66 bits per heavy atom. The molecule has 35 heavy (non-hydrogen) atoms. The van der Waals surface area contributed by atoms with E-state index in [1.807, 2.05) is 0 Å². The van der Waals surface area contributed by atoms with E-state index in [0.29, 0.717) is 16.1 Å². The lowest BCUT2D eigenvalue weighted by Gasteiger charge is -2.20. The molecule has 0 unspecified atom stereocenters. The lowest BCUT2D eigenvalue weighted by atomic mass is 10.1. The van der Waals surface area contributed by atoms with Crippen LogP contribution < -0.4 is 14.8 Å². The number of fused-ring (bicyclic) bond motifs is 1. The molecule has 2 N–H and O–H groups in total. The summed E-state index contributed by atoms with van der Waals surface area (Å²) in [5.41, 5.74) is 0.240. The quantitative estimate of drug-likeness (QED) is 0.454. The van der Waals surface area contributed by atoms with E-state index in [0.717, 1.165) is 30.0 Å². The molecule has 0 saturated carbocycles. The van der Waals surface area contributed by atoms with E-state index in [9.17, 15) is 27.1 Å². The first-order valence-electron chi connectivity index (χ1n) is 10.1. The first kappa shape index (κ1) is 24.6. The van der Waals surface area contributed by atoms with E-state index in [1.165, 1.54) is 50.6 Å². The number of hydrogen-bond acceptors (Lipinski definition) is 7. The van der Waals surface area contributed by atoms with Crippen LogP contribution in [0.1, 0.15) is 11.1 Å². The number of carbonyl (C=O) groups is 1. The summed E-state index contributed by atoms with van der Waals surface area (Å²) in [5, 5.41) is 12.5. The lowest BCUT2D eigenvalue weighted by Crippen LogP contribution is -2.18. The van der Waals surface area contributed by atoms with Gasteiger partial charge in [-0.15, -0.1) is 0 Å². The molecular formula is C24H19F2NO6S2. The first-order valence-corrected chi connectivity index (χ1v) is 12.6. The Hall–Kier alpha value is -3.57. The normalized spacial score (nSPS) is 14.4. The van der Waals surface area contributed by atoms with Crippen LogP contribution in [0, 0.1) is 11.6 Å². The van der Waals surface area contributed by atoms with Crippen molar-refractivity contribution in [1.82, 2.24) is 0 Å². The third kappa shape index (κ3) is 4.96. The molecule has 0 aromatic heterocycles. The van der Waals surface area contributed by atoms with Gasteiger partial charge in [0, 0.05) is 22.6 Å². The van der Waals surface area contributed by atoms with Crippen LogP contribution in [0.25, 0.3) is 6.08 Å². The van der Waals surface area contributed by atoms with Crippen LogP contribution in [0.5, 0.6) is 17.2 Å². The molecule has 0 atom stereocenters. The Balaban J connectivity index is 1.71. The monoisotopic (exact) mass is 519 g/mol. The van der Waals surface area contributed by atoms with Gasteiger partial charge in [-0.1, -0.05) is 17.8 Å². The number of nitrogens with one attached hydrogen (secondary N) is 1. The fraction of sp³-hybridized carbons (Fsp3) is 0.125. The van der Waals surface area contributed by atoms with E-state index in [2.05, 4.69) is 5.32 Å². The van der Waals surface area contributed by atoms with Crippen molar-refractivity contribution in [3.05, 3.63) is 76.2 Å². The number of rotatable bonds is 6. The number of thioether (sulfide) groups is 1. The summed E-state index contributed by atoms with van der Waals surface area (Å²) < 4.78 is 64.5. The third-order valence-corrected chi connectivity index (χ3v) is 7.93. The molecule has 182 valence electrons. The summed E-state index contributed by atoms with van der Waals surface area (Å²) in [7, 11) is -1.31. The molecule has 3 aromatic rings. The zero-order valence-electron chi connectivity index (χ0n) is 18.5. The summed E-state index contributed by atoms with van der Waals surface area (Å²) in [6.45, 7) is 0. The van der Waals surface area contributed by atoms with Gasteiger partial charge in [-0.25, -0.2) is 17.2 Å². The Morgan fingerprint density at radius 1 is 1.03 bits per heavy atom. The van der Waals surface area contributed by atoms with Crippen molar-refractivity contribution in [2.24, 2.45) is 0 Å². The molecule has 0 fully saturated rings. The summed E-state index contributed by atoms with van der Waals surface area (Å²) >= 11 is 1.01. The van der Waals surface area contributed by atoms with Gasteiger partial charge in [0.2, 0.25) is 0 Å². The van der Waals surface area contributed by atoms with Gasteiger partial charge in [0.05, 0.1) is 41.0 Å². The van der Waals surface area contributed by atoms with Crippen LogP contribution in [0.3, 0.4) is 0 Å². The minimum absolute atomic E-state index is 0.0897. The maximum absolute atomic E-state index is 14.0. The molecule has 4 rings (SSSR count). The number of carbonyl (C=O) groups excluding carboxylic acids is 1. The number of methoxy groups -OCH3 is 2. The number of hydrogen-bond donors (Lipinski definition) is 2. The molecule has 1 heterocycles.